The van der Waals surface area contributed by atoms with Crippen molar-refractivity contribution < 1.29 is 18.7 Å². The number of aromatic nitrogens is 2. The van der Waals surface area contributed by atoms with Crippen LogP contribution in [0.3, 0.4) is 0 Å². The van der Waals surface area contributed by atoms with Gasteiger partial charge < -0.3 is 13.9 Å². The minimum atomic E-state index is -0.399. The average Bonchev–Trinajstić information content (AvgIpc) is 3.25. The summed E-state index contributed by atoms with van der Waals surface area (Å²) in [4.78, 5) is 12.4. The zero-order valence-electron chi connectivity index (χ0n) is 14.0. The number of carbonyl (C=O) groups is 1. The molecular weight excluding hydrogens is 308 g/mol. The third-order valence-electron chi connectivity index (χ3n) is 5.20. The molecule has 0 bridgehead atoms. The Morgan fingerprint density at radius 2 is 2.33 bits per heavy atom. The van der Waals surface area contributed by atoms with E-state index in [1.165, 1.54) is 0 Å². The van der Waals surface area contributed by atoms with Gasteiger partial charge in [-0.2, -0.15) is 5.10 Å². The van der Waals surface area contributed by atoms with Crippen LogP contribution in [0.1, 0.15) is 43.0 Å². The molecule has 3 heterocycles. The van der Waals surface area contributed by atoms with Crippen molar-refractivity contribution in [3.05, 3.63) is 42.1 Å². The second-order valence-electron chi connectivity index (χ2n) is 7.21. The van der Waals surface area contributed by atoms with Gasteiger partial charge in [-0.3, -0.25) is 4.68 Å². The minimum absolute atomic E-state index is 0.116. The number of rotatable bonds is 4. The number of carbonyl (C=O) groups excluding carboxylic acids is 1. The highest BCUT2D eigenvalue weighted by Crippen LogP contribution is 2.53. The fourth-order valence-electron chi connectivity index (χ4n) is 4.01. The highest BCUT2D eigenvalue weighted by Gasteiger charge is 2.60. The monoisotopic (exact) mass is 330 g/mol. The Morgan fingerprint density at radius 3 is 3.12 bits per heavy atom. The molecule has 2 aliphatic rings. The Morgan fingerprint density at radius 1 is 1.46 bits per heavy atom. The first kappa shape index (κ1) is 15.4. The van der Waals surface area contributed by atoms with E-state index >= 15 is 0 Å². The Hall–Kier alpha value is -2.08. The zero-order chi connectivity index (χ0) is 16.7. The van der Waals surface area contributed by atoms with Crippen LogP contribution in [-0.4, -0.2) is 34.6 Å². The van der Waals surface area contributed by atoms with Crippen LogP contribution in [0.5, 0.6) is 0 Å². The number of furan rings is 1. The maximum Gasteiger partial charge on any atom is 0.374 e. The van der Waals surface area contributed by atoms with Gasteiger partial charge in [0.2, 0.25) is 5.76 Å². The van der Waals surface area contributed by atoms with E-state index in [2.05, 4.69) is 18.9 Å². The van der Waals surface area contributed by atoms with Crippen molar-refractivity contribution in [2.75, 3.05) is 6.61 Å². The molecular formula is C18H22N2O4. The SMILES string of the molecule is CC1(C)[C@@H]2OCCC[C@H]2[C@H]1OC(=O)c1ccc(Cn2cccn2)o1. The number of hydrogen-bond donors (Lipinski definition) is 0. The first-order valence-electron chi connectivity index (χ1n) is 8.44. The summed E-state index contributed by atoms with van der Waals surface area (Å²) >= 11 is 0. The largest absolute Gasteiger partial charge is 0.455 e. The Balaban J connectivity index is 1.42. The summed E-state index contributed by atoms with van der Waals surface area (Å²) < 4.78 is 19.0. The van der Waals surface area contributed by atoms with Gasteiger partial charge in [-0.15, -0.1) is 0 Å². The van der Waals surface area contributed by atoms with Crippen LogP contribution in [0.25, 0.3) is 0 Å². The summed E-state index contributed by atoms with van der Waals surface area (Å²) in [5.41, 5.74) is -0.148. The summed E-state index contributed by atoms with van der Waals surface area (Å²) in [6, 6.07) is 5.30. The van der Waals surface area contributed by atoms with Gasteiger partial charge in [0.05, 0.1) is 12.6 Å². The van der Waals surface area contributed by atoms with E-state index in [1.807, 2.05) is 12.3 Å². The van der Waals surface area contributed by atoms with Crippen molar-refractivity contribution >= 4 is 5.97 Å². The normalized spacial score (nSPS) is 28.0. The van der Waals surface area contributed by atoms with Gasteiger partial charge in [-0.25, -0.2) is 4.79 Å². The van der Waals surface area contributed by atoms with Crippen molar-refractivity contribution in [2.45, 2.75) is 45.4 Å². The second-order valence-corrected chi connectivity index (χ2v) is 7.21. The number of nitrogens with zero attached hydrogens (tertiary/aromatic N) is 2. The molecule has 0 radical (unpaired) electrons. The van der Waals surface area contributed by atoms with E-state index in [-0.39, 0.29) is 23.4 Å². The van der Waals surface area contributed by atoms with Crippen LogP contribution in [0, 0.1) is 11.3 Å². The molecule has 1 aliphatic heterocycles. The topological polar surface area (TPSA) is 66.5 Å². The van der Waals surface area contributed by atoms with Crippen LogP contribution >= 0.6 is 0 Å². The summed E-state index contributed by atoms with van der Waals surface area (Å²) in [5, 5.41) is 4.13. The molecule has 4 rings (SSSR count). The predicted molar refractivity (Wildman–Crippen MR) is 85.5 cm³/mol. The van der Waals surface area contributed by atoms with Crippen LogP contribution < -0.4 is 0 Å². The molecule has 2 aromatic rings. The molecule has 3 atom stereocenters. The molecule has 0 spiro atoms. The molecule has 128 valence electrons. The molecule has 0 aromatic carbocycles. The van der Waals surface area contributed by atoms with E-state index in [9.17, 15) is 4.79 Å². The molecule has 2 aromatic heterocycles. The molecule has 6 heteroatoms. The quantitative estimate of drug-likeness (QED) is 0.807. The molecule has 1 saturated carbocycles. The van der Waals surface area contributed by atoms with E-state index in [0.717, 1.165) is 19.4 Å². The average molecular weight is 330 g/mol. The van der Waals surface area contributed by atoms with Gasteiger partial charge in [0.1, 0.15) is 11.9 Å². The second kappa shape index (κ2) is 5.77. The lowest BCUT2D eigenvalue weighted by Crippen LogP contribution is -2.65. The molecule has 1 aliphatic carbocycles. The third kappa shape index (κ3) is 2.55. The Labute approximate surface area is 140 Å². The molecule has 0 amide bonds. The van der Waals surface area contributed by atoms with Crippen LogP contribution in [-0.2, 0) is 16.0 Å². The number of esters is 1. The number of ether oxygens (including phenoxy) is 2. The van der Waals surface area contributed by atoms with Crippen molar-refractivity contribution in [2.24, 2.45) is 11.3 Å². The van der Waals surface area contributed by atoms with Crippen LogP contribution in [0.15, 0.2) is 35.0 Å². The zero-order valence-corrected chi connectivity index (χ0v) is 14.0. The predicted octanol–water partition coefficient (Wildman–Crippen LogP) is 2.88. The Bertz CT molecular complexity index is 719. The third-order valence-corrected chi connectivity index (χ3v) is 5.20. The maximum absolute atomic E-state index is 12.4. The first-order valence-corrected chi connectivity index (χ1v) is 8.44. The maximum atomic E-state index is 12.4. The van der Waals surface area contributed by atoms with E-state index in [4.69, 9.17) is 13.9 Å². The first-order chi connectivity index (χ1) is 11.6. The standard InChI is InChI=1S/C18H22N2O4/c1-18(2)15-13(5-3-10-22-15)16(18)24-17(21)14-7-6-12(23-14)11-20-9-4-8-19-20/h4,6-9,13,15-16H,3,5,10-11H2,1-2H3/t13-,15-,16-/m1/s1. The Kier molecular flexibility index (Phi) is 3.72. The van der Waals surface area contributed by atoms with Crippen molar-refractivity contribution in [3.8, 4) is 0 Å². The van der Waals surface area contributed by atoms with E-state index in [1.54, 1.807) is 23.0 Å². The van der Waals surface area contributed by atoms with Gasteiger partial charge in [-0.05, 0) is 31.0 Å². The lowest BCUT2D eigenvalue weighted by Gasteiger charge is -2.58. The van der Waals surface area contributed by atoms with Gasteiger partial charge in [0.15, 0.2) is 0 Å². The van der Waals surface area contributed by atoms with Crippen molar-refractivity contribution in [1.29, 1.82) is 0 Å². The summed E-state index contributed by atoms with van der Waals surface area (Å²) in [7, 11) is 0. The smallest absolute Gasteiger partial charge is 0.374 e. The molecule has 0 unspecified atom stereocenters. The molecule has 1 saturated heterocycles. The molecule has 6 nitrogen and oxygen atoms in total. The highest BCUT2D eigenvalue weighted by atomic mass is 16.6. The summed E-state index contributed by atoms with van der Waals surface area (Å²) in [6.45, 7) is 5.50. The fraction of sp³-hybridized carbons (Fsp3) is 0.556. The lowest BCUT2D eigenvalue weighted by atomic mass is 9.57. The minimum Gasteiger partial charge on any atom is -0.455 e. The molecule has 0 N–H and O–H groups in total. The van der Waals surface area contributed by atoms with Crippen LogP contribution in [0.4, 0.5) is 0 Å². The lowest BCUT2D eigenvalue weighted by molar-refractivity contribution is -0.243. The fourth-order valence-corrected chi connectivity index (χ4v) is 4.01. The molecule has 2 fully saturated rings. The van der Waals surface area contributed by atoms with Crippen molar-refractivity contribution in [3.63, 3.8) is 0 Å². The highest BCUT2D eigenvalue weighted by molar-refractivity contribution is 5.86. The van der Waals surface area contributed by atoms with Gasteiger partial charge in [-0.1, -0.05) is 13.8 Å². The van der Waals surface area contributed by atoms with Gasteiger partial charge >= 0.3 is 5.97 Å². The van der Waals surface area contributed by atoms with E-state index < -0.39 is 5.97 Å². The van der Waals surface area contributed by atoms with Gasteiger partial charge in [0, 0.05) is 30.3 Å². The summed E-state index contributed by atoms with van der Waals surface area (Å²) in [5.74, 6) is 0.825. The number of fused-ring (bicyclic) bond motifs is 1. The van der Waals surface area contributed by atoms with E-state index in [0.29, 0.717) is 18.2 Å². The number of hydrogen-bond acceptors (Lipinski definition) is 5. The van der Waals surface area contributed by atoms with Gasteiger partial charge in [0.25, 0.3) is 0 Å². The van der Waals surface area contributed by atoms with Crippen molar-refractivity contribution in [1.82, 2.24) is 9.78 Å². The van der Waals surface area contributed by atoms with Crippen LogP contribution in [0.2, 0.25) is 0 Å². The molecule has 24 heavy (non-hydrogen) atoms. The summed E-state index contributed by atoms with van der Waals surface area (Å²) in [6.07, 6.45) is 5.71.